The molecule has 0 aliphatic carbocycles. The summed E-state index contributed by atoms with van der Waals surface area (Å²) in [6, 6.07) is 0.608. The van der Waals surface area contributed by atoms with Crippen LogP contribution in [0, 0.1) is 0 Å². The molecule has 0 spiro atoms. The molecule has 1 aliphatic heterocycles. The second-order valence-corrected chi connectivity index (χ2v) is 4.00. The molecule has 0 saturated carbocycles. The number of nitrogens with zero attached hydrogens (tertiary/aromatic N) is 1. The van der Waals surface area contributed by atoms with Crippen LogP contribution in [0.2, 0.25) is 0 Å². The molecule has 0 aromatic heterocycles. The minimum atomic E-state index is -0.244. The van der Waals surface area contributed by atoms with Gasteiger partial charge in [0, 0.05) is 25.2 Å². The minimum absolute atomic E-state index is 0.244. The summed E-state index contributed by atoms with van der Waals surface area (Å²) < 4.78 is 4.82. The molecule has 0 aromatic rings. The van der Waals surface area contributed by atoms with Gasteiger partial charge >= 0.3 is 5.97 Å². The molecule has 1 N–H and O–H groups in total. The van der Waals surface area contributed by atoms with Crippen molar-refractivity contribution >= 4 is 5.97 Å². The molecule has 1 atom stereocenters. The molecule has 1 heterocycles. The summed E-state index contributed by atoms with van der Waals surface area (Å²) in [5, 5.41) is 3.20. The van der Waals surface area contributed by atoms with Gasteiger partial charge < -0.3 is 10.1 Å². The van der Waals surface area contributed by atoms with Gasteiger partial charge in [-0.15, -0.1) is 0 Å². The maximum Gasteiger partial charge on any atom is 0.330 e. The van der Waals surface area contributed by atoms with Crippen molar-refractivity contribution in [1.82, 2.24) is 10.2 Å². The Bertz CT molecular complexity index is 241. The predicted octanol–water partition coefficient (Wildman–Crippen LogP) is 0.790. The minimum Gasteiger partial charge on any atom is -0.463 e. The van der Waals surface area contributed by atoms with Gasteiger partial charge in [0.25, 0.3) is 0 Å². The zero-order chi connectivity index (χ0) is 11.8. The Labute approximate surface area is 97.6 Å². The van der Waals surface area contributed by atoms with E-state index in [4.69, 9.17) is 4.74 Å². The fraction of sp³-hybridized carbons (Fsp3) is 0.750. The van der Waals surface area contributed by atoms with Gasteiger partial charge in [-0.3, -0.25) is 4.90 Å². The number of carbonyl (C=O) groups is 1. The average molecular weight is 226 g/mol. The van der Waals surface area contributed by atoms with Crippen LogP contribution in [-0.2, 0) is 9.53 Å². The Kier molecular flexibility index (Phi) is 6.11. The summed E-state index contributed by atoms with van der Waals surface area (Å²) in [4.78, 5) is 13.5. The van der Waals surface area contributed by atoms with E-state index >= 15 is 0 Å². The first-order chi connectivity index (χ1) is 7.77. The standard InChI is InChI=1S/C12H22N2O2/c1-3-16-12(15)7-5-9-14-8-4-6-11(14)10-13-2/h5,7,11,13H,3-4,6,8-10H2,1-2H3/b7-5+. The molecule has 0 amide bonds. The number of likely N-dealkylation sites (N-methyl/N-ethyl adjacent to an activating group) is 1. The quantitative estimate of drug-likeness (QED) is 0.537. The lowest BCUT2D eigenvalue weighted by atomic mass is 10.2. The maximum absolute atomic E-state index is 11.1. The summed E-state index contributed by atoms with van der Waals surface area (Å²) >= 11 is 0. The number of likely N-dealkylation sites (tertiary alicyclic amines) is 1. The van der Waals surface area contributed by atoms with Gasteiger partial charge in [-0.25, -0.2) is 4.79 Å². The Hall–Kier alpha value is -0.870. The van der Waals surface area contributed by atoms with Crippen molar-refractivity contribution in [3.63, 3.8) is 0 Å². The highest BCUT2D eigenvalue weighted by Crippen LogP contribution is 2.15. The van der Waals surface area contributed by atoms with Gasteiger partial charge in [0.15, 0.2) is 0 Å². The molecule has 1 saturated heterocycles. The number of hydrogen-bond acceptors (Lipinski definition) is 4. The SMILES string of the molecule is CCOC(=O)/C=C/CN1CCCC1CNC. The molecular weight excluding hydrogens is 204 g/mol. The van der Waals surface area contributed by atoms with E-state index in [9.17, 15) is 4.79 Å². The third-order valence-corrected chi connectivity index (χ3v) is 2.82. The van der Waals surface area contributed by atoms with Crippen LogP contribution in [0.4, 0.5) is 0 Å². The molecule has 1 aliphatic rings. The molecular formula is C12H22N2O2. The van der Waals surface area contributed by atoms with E-state index in [2.05, 4.69) is 10.2 Å². The van der Waals surface area contributed by atoms with E-state index in [1.807, 2.05) is 20.0 Å². The zero-order valence-electron chi connectivity index (χ0n) is 10.2. The van der Waals surface area contributed by atoms with E-state index < -0.39 is 0 Å². The van der Waals surface area contributed by atoms with Crippen molar-refractivity contribution < 1.29 is 9.53 Å². The van der Waals surface area contributed by atoms with Gasteiger partial charge in [-0.1, -0.05) is 6.08 Å². The average Bonchev–Trinajstić information content (AvgIpc) is 2.67. The number of nitrogens with one attached hydrogen (secondary N) is 1. The highest BCUT2D eigenvalue weighted by molar-refractivity contribution is 5.81. The highest BCUT2D eigenvalue weighted by atomic mass is 16.5. The fourth-order valence-electron chi connectivity index (χ4n) is 2.08. The topological polar surface area (TPSA) is 41.6 Å². The zero-order valence-corrected chi connectivity index (χ0v) is 10.2. The largest absolute Gasteiger partial charge is 0.463 e. The number of esters is 1. The molecule has 16 heavy (non-hydrogen) atoms. The van der Waals surface area contributed by atoms with Crippen LogP contribution in [0.5, 0.6) is 0 Å². The van der Waals surface area contributed by atoms with E-state index in [1.54, 1.807) is 0 Å². The summed E-state index contributed by atoms with van der Waals surface area (Å²) in [7, 11) is 1.98. The first-order valence-electron chi connectivity index (χ1n) is 5.99. The third-order valence-electron chi connectivity index (χ3n) is 2.82. The van der Waals surface area contributed by atoms with Crippen LogP contribution in [-0.4, -0.2) is 50.2 Å². The Balaban J connectivity index is 2.28. The Morgan fingerprint density at radius 2 is 2.44 bits per heavy atom. The molecule has 0 aromatic carbocycles. The second kappa shape index (κ2) is 7.41. The Morgan fingerprint density at radius 3 is 3.12 bits per heavy atom. The summed E-state index contributed by atoms with van der Waals surface area (Å²) in [6.07, 6.45) is 5.91. The molecule has 4 nitrogen and oxygen atoms in total. The van der Waals surface area contributed by atoms with E-state index in [0.717, 1.165) is 19.6 Å². The summed E-state index contributed by atoms with van der Waals surface area (Å²) in [5.74, 6) is -0.244. The van der Waals surface area contributed by atoms with E-state index in [0.29, 0.717) is 12.6 Å². The molecule has 4 heteroatoms. The maximum atomic E-state index is 11.1. The number of carbonyl (C=O) groups excluding carboxylic acids is 1. The number of hydrogen-bond donors (Lipinski definition) is 1. The van der Waals surface area contributed by atoms with Gasteiger partial charge in [0.05, 0.1) is 6.61 Å². The fourth-order valence-corrected chi connectivity index (χ4v) is 2.08. The lowest BCUT2D eigenvalue weighted by Gasteiger charge is -2.22. The van der Waals surface area contributed by atoms with Crippen LogP contribution in [0.3, 0.4) is 0 Å². The first kappa shape index (κ1) is 13.2. The van der Waals surface area contributed by atoms with E-state index in [-0.39, 0.29) is 5.97 Å². The van der Waals surface area contributed by atoms with Crippen LogP contribution in [0.15, 0.2) is 12.2 Å². The van der Waals surface area contributed by atoms with Crippen molar-refractivity contribution in [3.05, 3.63) is 12.2 Å². The number of ether oxygens (including phenoxy) is 1. The normalized spacial score (nSPS) is 21.8. The third kappa shape index (κ3) is 4.33. The first-order valence-corrected chi connectivity index (χ1v) is 5.99. The molecule has 1 unspecified atom stereocenters. The summed E-state index contributed by atoms with van der Waals surface area (Å²) in [6.45, 7) is 5.24. The number of rotatable bonds is 6. The molecule has 0 bridgehead atoms. The molecule has 92 valence electrons. The monoisotopic (exact) mass is 226 g/mol. The highest BCUT2D eigenvalue weighted by Gasteiger charge is 2.22. The van der Waals surface area contributed by atoms with Crippen molar-refractivity contribution in [2.24, 2.45) is 0 Å². The van der Waals surface area contributed by atoms with Crippen LogP contribution >= 0.6 is 0 Å². The van der Waals surface area contributed by atoms with Gasteiger partial charge in [-0.2, -0.15) is 0 Å². The van der Waals surface area contributed by atoms with Crippen LogP contribution in [0.25, 0.3) is 0 Å². The van der Waals surface area contributed by atoms with Gasteiger partial charge in [0.2, 0.25) is 0 Å². The second-order valence-electron chi connectivity index (χ2n) is 4.00. The van der Waals surface area contributed by atoms with Crippen molar-refractivity contribution in [2.75, 3.05) is 33.3 Å². The molecule has 0 radical (unpaired) electrons. The molecule has 1 rings (SSSR count). The summed E-state index contributed by atoms with van der Waals surface area (Å²) in [5.41, 5.74) is 0. The molecule has 1 fully saturated rings. The Morgan fingerprint density at radius 1 is 1.62 bits per heavy atom. The lowest BCUT2D eigenvalue weighted by Crippen LogP contribution is -2.36. The van der Waals surface area contributed by atoms with Gasteiger partial charge in [0.1, 0.15) is 0 Å². The van der Waals surface area contributed by atoms with Crippen LogP contribution in [0.1, 0.15) is 19.8 Å². The van der Waals surface area contributed by atoms with Gasteiger partial charge in [-0.05, 0) is 33.4 Å². The van der Waals surface area contributed by atoms with Crippen molar-refractivity contribution in [2.45, 2.75) is 25.8 Å². The lowest BCUT2D eigenvalue weighted by molar-refractivity contribution is -0.137. The predicted molar refractivity (Wildman–Crippen MR) is 64.3 cm³/mol. The smallest absolute Gasteiger partial charge is 0.330 e. The van der Waals surface area contributed by atoms with Crippen LogP contribution < -0.4 is 5.32 Å². The van der Waals surface area contributed by atoms with Crippen molar-refractivity contribution in [1.29, 1.82) is 0 Å². The van der Waals surface area contributed by atoms with E-state index in [1.165, 1.54) is 18.9 Å². The van der Waals surface area contributed by atoms with Crippen molar-refractivity contribution in [3.8, 4) is 0 Å².